The zero-order valence-corrected chi connectivity index (χ0v) is 21.8. The van der Waals surface area contributed by atoms with E-state index in [1.165, 1.54) is 22.9 Å². The van der Waals surface area contributed by atoms with Gasteiger partial charge in [-0.1, -0.05) is 48.5 Å². The summed E-state index contributed by atoms with van der Waals surface area (Å²) in [6.07, 6.45) is 2.89. The topological polar surface area (TPSA) is 78.8 Å². The van der Waals surface area contributed by atoms with E-state index < -0.39 is 10.0 Å². The molecule has 2 heterocycles. The zero-order valence-electron chi connectivity index (χ0n) is 20.9. The third-order valence-corrected chi connectivity index (χ3v) is 8.21. The Labute approximate surface area is 221 Å². The largest absolute Gasteiger partial charge is 0.366 e. The first-order valence-electron chi connectivity index (χ1n) is 12.3. The summed E-state index contributed by atoms with van der Waals surface area (Å²) in [7, 11) is -2.30. The molecule has 0 aliphatic carbocycles. The molecule has 5 rings (SSSR count). The van der Waals surface area contributed by atoms with E-state index in [-0.39, 0.29) is 23.3 Å². The van der Waals surface area contributed by atoms with Gasteiger partial charge in [-0.05, 0) is 35.9 Å². The molecule has 1 aliphatic rings. The molecule has 3 aromatic carbocycles. The number of hydrogen-bond acceptors (Lipinski definition) is 5. The van der Waals surface area contributed by atoms with Crippen LogP contribution in [-0.2, 0) is 23.6 Å². The predicted molar refractivity (Wildman–Crippen MR) is 144 cm³/mol. The van der Waals surface area contributed by atoms with Gasteiger partial charge in [0, 0.05) is 45.0 Å². The van der Waals surface area contributed by atoms with Gasteiger partial charge in [-0.25, -0.2) is 9.37 Å². The number of carbonyl (C=O) groups excluding carboxylic acids is 1. The van der Waals surface area contributed by atoms with Crippen LogP contribution in [0.1, 0.15) is 15.9 Å². The Morgan fingerprint density at radius 1 is 0.947 bits per heavy atom. The van der Waals surface area contributed by atoms with Gasteiger partial charge in [0.2, 0.25) is 0 Å². The fourth-order valence-corrected chi connectivity index (χ4v) is 5.95. The fourth-order valence-electron chi connectivity index (χ4n) is 4.53. The van der Waals surface area contributed by atoms with Gasteiger partial charge in [0.25, 0.3) is 15.9 Å². The lowest BCUT2D eigenvalue weighted by Crippen LogP contribution is -2.49. The van der Waals surface area contributed by atoms with Crippen LogP contribution in [0.5, 0.6) is 0 Å². The Kier molecular flexibility index (Phi) is 7.15. The van der Waals surface area contributed by atoms with Crippen molar-refractivity contribution in [1.82, 2.24) is 14.5 Å². The molecule has 1 saturated heterocycles. The van der Waals surface area contributed by atoms with E-state index in [9.17, 15) is 17.6 Å². The number of para-hydroxylation sites is 1. The maximum Gasteiger partial charge on any atom is 0.283 e. The molecule has 4 aromatic rings. The van der Waals surface area contributed by atoms with E-state index in [2.05, 4.69) is 4.98 Å². The number of carbonyl (C=O) groups is 1. The minimum atomic E-state index is -4.01. The number of aromatic nitrogens is 2. The molecule has 0 N–H and O–H groups in total. The van der Waals surface area contributed by atoms with Crippen molar-refractivity contribution in [1.29, 1.82) is 0 Å². The van der Waals surface area contributed by atoms with Crippen molar-refractivity contribution in [2.24, 2.45) is 7.05 Å². The van der Waals surface area contributed by atoms with Crippen molar-refractivity contribution in [2.45, 2.75) is 11.6 Å². The van der Waals surface area contributed by atoms with Crippen LogP contribution < -0.4 is 9.21 Å². The molecule has 0 atom stereocenters. The number of imidazole rings is 1. The number of anilines is 2. The molecule has 0 radical (unpaired) electrons. The van der Waals surface area contributed by atoms with Crippen molar-refractivity contribution >= 4 is 27.3 Å². The van der Waals surface area contributed by atoms with E-state index in [0.29, 0.717) is 43.1 Å². The number of benzene rings is 3. The number of rotatable bonds is 7. The number of amides is 1. The number of sulfonamides is 1. The van der Waals surface area contributed by atoms with Crippen molar-refractivity contribution in [3.63, 3.8) is 0 Å². The van der Waals surface area contributed by atoms with Crippen molar-refractivity contribution < 1.29 is 17.6 Å². The highest BCUT2D eigenvalue weighted by molar-refractivity contribution is 7.92. The molecular formula is C28H28FN5O3S. The molecule has 0 bridgehead atoms. The van der Waals surface area contributed by atoms with Gasteiger partial charge in [-0.2, -0.15) is 8.42 Å². The number of piperazine rings is 1. The summed E-state index contributed by atoms with van der Waals surface area (Å²) >= 11 is 0. The normalized spacial score (nSPS) is 13.9. The summed E-state index contributed by atoms with van der Waals surface area (Å²) < 4.78 is 44.4. The van der Waals surface area contributed by atoms with Crippen LogP contribution in [0, 0.1) is 5.82 Å². The second-order valence-electron chi connectivity index (χ2n) is 9.16. The molecule has 1 aliphatic heterocycles. The van der Waals surface area contributed by atoms with E-state index in [0.717, 1.165) is 5.56 Å². The van der Waals surface area contributed by atoms with Crippen LogP contribution in [-0.4, -0.2) is 55.0 Å². The maximum atomic E-state index is 14.2. The highest BCUT2D eigenvalue weighted by Gasteiger charge is 2.29. The minimum Gasteiger partial charge on any atom is -0.366 e. The number of hydrogen-bond donors (Lipinski definition) is 0. The van der Waals surface area contributed by atoms with Crippen LogP contribution in [0.25, 0.3) is 0 Å². The van der Waals surface area contributed by atoms with Gasteiger partial charge in [-0.3, -0.25) is 9.10 Å². The van der Waals surface area contributed by atoms with Crippen LogP contribution in [0.3, 0.4) is 0 Å². The monoisotopic (exact) mass is 533 g/mol. The molecule has 10 heteroatoms. The summed E-state index contributed by atoms with van der Waals surface area (Å²) in [6, 6.07) is 22.5. The van der Waals surface area contributed by atoms with Crippen LogP contribution in [0.2, 0.25) is 0 Å². The Morgan fingerprint density at radius 3 is 2.34 bits per heavy atom. The van der Waals surface area contributed by atoms with Gasteiger partial charge in [0.05, 0.1) is 24.2 Å². The molecule has 0 unspecified atom stereocenters. The third kappa shape index (κ3) is 5.26. The van der Waals surface area contributed by atoms with Crippen molar-refractivity contribution in [3.8, 4) is 0 Å². The number of halogens is 1. The summed E-state index contributed by atoms with van der Waals surface area (Å²) in [5, 5.41) is -0.0723. The Balaban J connectivity index is 1.39. The first-order chi connectivity index (χ1) is 18.3. The van der Waals surface area contributed by atoms with Gasteiger partial charge in [0.1, 0.15) is 5.82 Å². The Morgan fingerprint density at radius 2 is 1.66 bits per heavy atom. The predicted octanol–water partition coefficient (Wildman–Crippen LogP) is 3.92. The van der Waals surface area contributed by atoms with E-state index in [1.807, 2.05) is 35.2 Å². The molecule has 0 saturated carbocycles. The number of nitrogens with zero attached hydrogens (tertiary/aromatic N) is 5. The maximum absolute atomic E-state index is 14.2. The van der Waals surface area contributed by atoms with Crippen LogP contribution >= 0.6 is 0 Å². The lowest BCUT2D eigenvalue weighted by molar-refractivity contribution is 0.0746. The molecule has 8 nitrogen and oxygen atoms in total. The van der Waals surface area contributed by atoms with Crippen LogP contribution in [0.15, 0.2) is 96.4 Å². The quantitative estimate of drug-likeness (QED) is 0.360. The standard InChI is InChI=1S/C28H28FN5O3S/c1-31-20-27(30-21-31)38(36,37)34(19-22-8-3-2-4-9-22)24-11-7-10-23(18-24)28(35)33-16-14-32(15-17-33)26-13-6-5-12-25(26)29/h2-13,18,20-21H,14-17,19H2,1H3. The minimum absolute atomic E-state index is 0.0723. The molecule has 1 fully saturated rings. The second-order valence-corrected chi connectivity index (χ2v) is 11.0. The van der Waals surface area contributed by atoms with Gasteiger partial charge < -0.3 is 14.4 Å². The first kappa shape index (κ1) is 25.5. The highest BCUT2D eigenvalue weighted by Crippen LogP contribution is 2.27. The fraction of sp³-hybridized carbons (Fsp3) is 0.214. The molecular weight excluding hydrogens is 505 g/mol. The zero-order chi connectivity index (χ0) is 26.7. The SMILES string of the molecule is Cn1cnc(S(=O)(=O)N(Cc2ccccc2)c2cccc(C(=O)N3CCN(c4ccccc4F)CC3)c2)c1. The summed E-state index contributed by atoms with van der Waals surface area (Å²) in [5.41, 5.74) is 2.08. The summed E-state index contributed by atoms with van der Waals surface area (Å²) in [6.45, 7) is 1.94. The average molecular weight is 534 g/mol. The molecule has 1 amide bonds. The smallest absolute Gasteiger partial charge is 0.283 e. The highest BCUT2D eigenvalue weighted by atomic mass is 32.2. The van der Waals surface area contributed by atoms with E-state index in [1.54, 1.807) is 59.0 Å². The van der Waals surface area contributed by atoms with Gasteiger partial charge in [0.15, 0.2) is 5.03 Å². The van der Waals surface area contributed by atoms with Gasteiger partial charge in [-0.15, -0.1) is 0 Å². The van der Waals surface area contributed by atoms with Gasteiger partial charge >= 0.3 is 0 Å². The first-order valence-corrected chi connectivity index (χ1v) is 13.7. The molecule has 0 spiro atoms. The van der Waals surface area contributed by atoms with E-state index >= 15 is 0 Å². The Bertz CT molecular complexity index is 1530. The van der Waals surface area contributed by atoms with Crippen LogP contribution in [0.4, 0.5) is 15.8 Å². The second kappa shape index (κ2) is 10.7. The average Bonchev–Trinajstić information content (AvgIpc) is 3.39. The Hall–Kier alpha value is -4.18. The third-order valence-electron chi connectivity index (χ3n) is 6.55. The lowest BCUT2D eigenvalue weighted by atomic mass is 10.1. The summed E-state index contributed by atoms with van der Waals surface area (Å²) in [5.74, 6) is -0.484. The van der Waals surface area contributed by atoms with E-state index in [4.69, 9.17) is 0 Å². The van der Waals surface area contributed by atoms with Crippen molar-refractivity contribution in [2.75, 3.05) is 35.4 Å². The molecule has 1 aromatic heterocycles. The molecule has 196 valence electrons. The molecule has 38 heavy (non-hydrogen) atoms. The number of aryl methyl sites for hydroxylation is 1. The summed E-state index contributed by atoms with van der Waals surface area (Å²) in [4.78, 5) is 21.1. The van der Waals surface area contributed by atoms with Crippen molar-refractivity contribution in [3.05, 3.63) is 108 Å². The lowest BCUT2D eigenvalue weighted by Gasteiger charge is -2.36.